The summed E-state index contributed by atoms with van der Waals surface area (Å²) < 4.78 is 17.6. The summed E-state index contributed by atoms with van der Waals surface area (Å²) in [5, 5.41) is 2.61. The molecule has 2 rings (SSSR count). The van der Waals surface area contributed by atoms with E-state index in [1.807, 2.05) is 0 Å². The normalized spacial score (nSPS) is 11.7. The summed E-state index contributed by atoms with van der Waals surface area (Å²) >= 11 is 0. The van der Waals surface area contributed by atoms with E-state index in [9.17, 15) is 9.00 Å². The van der Waals surface area contributed by atoms with Crippen LogP contribution >= 0.6 is 0 Å². The Labute approximate surface area is 125 Å². The second kappa shape index (κ2) is 6.41. The number of hydrogen-bond donors (Lipinski definition) is 2. The fourth-order valence-electron chi connectivity index (χ4n) is 1.81. The minimum absolute atomic E-state index is 0.205. The molecule has 1 amide bonds. The third-order valence-corrected chi connectivity index (χ3v) is 4.17. The Morgan fingerprint density at radius 2 is 1.90 bits per heavy atom. The molecule has 3 N–H and O–H groups in total. The summed E-state index contributed by atoms with van der Waals surface area (Å²) in [6.07, 6.45) is 0. The van der Waals surface area contributed by atoms with Crippen molar-refractivity contribution in [3.8, 4) is 5.75 Å². The molecule has 0 saturated carbocycles. The van der Waals surface area contributed by atoms with Gasteiger partial charge in [-0.05, 0) is 36.4 Å². The predicted octanol–water partition coefficient (Wildman–Crippen LogP) is 2.40. The fourth-order valence-corrected chi connectivity index (χ4v) is 2.94. The molecule has 0 radical (unpaired) electrons. The molecule has 0 spiro atoms. The van der Waals surface area contributed by atoms with Crippen LogP contribution in [-0.4, -0.2) is 17.2 Å². The van der Waals surface area contributed by atoms with E-state index in [4.69, 9.17) is 10.5 Å². The molecular weight excluding hydrogens is 288 g/mol. The van der Waals surface area contributed by atoms with Crippen LogP contribution < -0.4 is 15.8 Å². The van der Waals surface area contributed by atoms with Crippen molar-refractivity contribution in [2.45, 2.75) is 16.7 Å². The number of carbonyl (C=O) groups excluding carboxylic acids is 1. The van der Waals surface area contributed by atoms with E-state index in [0.29, 0.717) is 26.9 Å². The van der Waals surface area contributed by atoms with Crippen LogP contribution in [0.5, 0.6) is 5.75 Å². The molecule has 21 heavy (non-hydrogen) atoms. The first-order chi connectivity index (χ1) is 10.0. The lowest BCUT2D eigenvalue weighted by Gasteiger charge is -2.09. The summed E-state index contributed by atoms with van der Waals surface area (Å²) in [5.74, 6) is 0.437. The third kappa shape index (κ3) is 3.61. The maximum absolute atomic E-state index is 12.5. The van der Waals surface area contributed by atoms with Gasteiger partial charge in [-0.25, -0.2) is 4.21 Å². The standard InChI is InChI=1S/C15H16N2O3S/c1-10(18)17-15-7-6-13(9-14(15)16)21(19)12-5-3-4-11(8-12)20-2/h3-9H,16H2,1-2H3,(H,17,18). The number of hydrogen-bond acceptors (Lipinski definition) is 4. The number of methoxy groups -OCH3 is 1. The summed E-state index contributed by atoms with van der Waals surface area (Å²) in [5.41, 5.74) is 6.75. The molecule has 0 saturated heterocycles. The average Bonchev–Trinajstić information content (AvgIpc) is 2.48. The molecule has 1 atom stereocenters. The number of rotatable bonds is 4. The topological polar surface area (TPSA) is 81.4 Å². The molecule has 110 valence electrons. The number of nitrogens with one attached hydrogen (secondary N) is 1. The van der Waals surface area contributed by atoms with Crippen molar-refractivity contribution in [2.24, 2.45) is 0 Å². The predicted molar refractivity (Wildman–Crippen MR) is 82.8 cm³/mol. The lowest BCUT2D eigenvalue weighted by atomic mass is 10.2. The van der Waals surface area contributed by atoms with Crippen LogP contribution in [-0.2, 0) is 15.6 Å². The van der Waals surface area contributed by atoms with E-state index < -0.39 is 10.8 Å². The molecule has 2 aromatic carbocycles. The molecule has 0 aliphatic heterocycles. The van der Waals surface area contributed by atoms with Crippen LogP contribution in [0.25, 0.3) is 0 Å². The van der Waals surface area contributed by atoms with Crippen LogP contribution in [0.2, 0.25) is 0 Å². The van der Waals surface area contributed by atoms with E-state index in [1.54, 1.807) is 49.6 Å². The second-order valence-electron chi connectivity index (χ2n) is 4.38. The van der Waals surface area contributed by atoms with E-state index in [2.05, 4.69) is 5.32 Å². The Kier molecular flexibility index (Phi) is 4.59. The Hall–Kier alpha value is -2.34. The highest BCUT2D eigenvalue weighted by Crippen LogP contribution is 2.26. The van der Waals surface area contributed by atoms with E-state index in [1.165, 1.54) is 6.92 Å². The number of ether oxygens (including phenoxy) is 1. The molecule has 0 fully saturated rings. The van der Waals surface area contributed by atoms with Gasteiger partial charge < -0.3 is 15.8 Å². The molecule has 0 aliphatic rings. The molecule has 2 aromatic rings. The molecule has 0 aliphatic carbocycles. The first-order valence-corrected chi connectivity index (χ1v) is 7.39. The zero-order valence-electron chi connectivity index (χ0n) is 11.8. The molecule has 0 aromatic heterocycles. The van der Waals surface area contributed by atoms with Gasteiger partial charge in [0.1, 0.15) is 5.75 Å². The lowest BCUT2D eigenvalue weighted by Crippen LogP contribution is -2.08. The van der Waals surface area contributed by atoms with Gasteiger partial charge in [-0.2, -0.15) is 0 Å². The number of nitrogens with two attached hydrogens (primary N) is 1. The van der Waals surface area contributed by atoms with Crippen molar-refractivity contribution in [3.63, 3.8) is 0 Å². The average molecular weight is 304 g/mol. The molecule has 0 heterocycles. The monoisotopic (exact) mass is 304 g/mol. The quantitative estimate of drug-likeness (QED) is 0.850. The Morgan fingerprint density at radius 3 is 2.52 bits per heavy atom. The highest BCUT2D eigenvalue weighted by atomic mass is 32.2. The largest absolute Gasteiger partial charge is 0.497 e. The summed E-state index contributed by atoms with van der Waals surface area (Å²) in [6.45, 7) is 1.40. The van der Waals surface area contributed by atoms with Crippen LogP contribution in [0.1, 0.15) is 6.92 Å². The first kappa shape index (κ1) is 15.1. The molecule has 6 heteroatoms. The van der Waals surface area contributed by atoms with Crippen LogP contribution in [0.4, 0.5) is 11.4 Å². The third-order valence-electron chi connectivity index (χ3n) is 2.80. The van der Waals surface area contributed by atoms with Gasteiger partial charge in [-0.1, -0.05) is 6.07 Å². The van der Waals surface area contributed by atoms with Crippen molar-refractivity contribution in [3.05, 3.63) is 42.5 Å². The molecule has 0 bridgehead atoms. The van der Waals surface area contributed by atoms with Gasteiger partial charge in [-0.3, -0.25) is 4.79 Å². The van der Waals surface area contributed by atoms with Gasteiger partial charge >= 0.3 is 0 Å². The molecule has 1 unspecified atom stereocenters. The maximum Gasteiger partial charge on any atom is 0.221 e. The maximum atomic E-state index is 12.5. The van der Waals surface area contributed by atoms with Crippen molar-refractivity contribution >= 4 is 28.1 Å². The van der Waals surface area contributed by atoms with Crippen molar-refractivity contribution in [1.82, 2.24) is 0 Å². The Bertz CT molecular complexity index is 701. The van der Waals surface area contributed by atoms with E-state index in [0.717, 1.165) is 0 Å². The van der Waals surface area contributed by atoms with E-state index >= 15 is 0 Å². The second-order valence-corrected chi connectivity index (χ2v) is 5.86. The zero-order chi connectivity index (χ0) is 15.4. The lowest BCUT2D eigenvalue weighted by molar-refractivity contribution is -0.114. The highest BCUT2D eigenvalue weighted by molar-refractivity contribution is 7.85. The van der Waals surface area contributed by atoms with Gasteiger partial charge in [0.25, 0.3) is 0 Å². The first-order valence-electron chi connectivity index (χ1n) is 6.24. The smallest absolute Gasteiger partial charge is 0.221 e. The van der Waals surface area contributed by atoms with Gasteiger partial charge in [0.2, 0.25) is 5.91 Å². The minimum atomic E-state index is -1.36. The van der Waals surface area contributed by atoms with Crippen molar-refractivity contribution in [1.29, 1.82) is 0 Å². The van der Waals surface area contributed by atoms with E-state index in [-0.39, 0.29) is 5.91 Å². The van der Waals surface area contributed by atoms with Crippen molar-refractivity contribution in [2.75, 3.05) is 18.2 Å². The van der Waals surface area contributed by atoms with Gasteiger partial charge in [-0.15, -0.1) is 0 Å². The van der Waals surface area contributed by atoms with Crippen LogP contribution in [0.3, 0.4) is 0 Å². The van der Waals surface area contributed by atoms with Crippen LogP contribution in [0, 0.1) is 0 Å². The van der Waals surface area contributed by atoms with Gasteiger partial charge in [0.15, 0.2) is 0 Å². The summed E-state index contributed by atoms with van der Waals surface area (Å²) in [6, 6.07) is 12.0. The highest BCUT2D eigenvalue weighted by Gasteiger charge is 2.10. The Morgan fingerprint density at radius 1 is 1.19 bits per heavy atom. The number of nitrogen functional groups attached to an aromatic ring is 1. The fraction of sp³-hybridized carbons (Fsp3) is 0.133. The number of benzene rings is 2. The number of amides is 1. The zero-order valence-corrected chi connectivity index (χ0v) is 12.6. The van der Waals surface area contributed by atoms with Crippen molar-refractivity contribution < 1.29 is 13.7 Å². The number of anilines is 2. The van der Waals surface area contributed by atoms with Crippen LogP contribution in [0.15, 0.2) is 52.3 Å². The SMILES string of the molecule is COc1cccc(S(=O)c2ccc(NC(C)=O)c(N)c2)c1. The summed E-state index contributed by atoms with van der Waals surface area (Å²) in [4.78, 5) is 12.2. The molecule has 5 nitrogen and oxygen atoms in total. The molecular formula is C15H16N2O3S. The van der Waals surface area contributed by atoms with Gasteiger partial charge in [0, 0.05) is 16.7 Å². The minimum Gasteiger partial charge on any atom is -0.497 e. The summed E-state index contributed by atoms with van der Waals surface area (Å²) in [7, 11) is 0.195. The Balaban J connectivity index is 2.31. The number of carbonyl (C=O) groups is 1. The van der Waals surface area contributed by atoms with Gasteiger partial charge in [0.05, 0.1) is 29.3 Å².